The zero-order valence-electron chi connectivity index (χ0n) is 29.5. The van der Waals surface area contributed by atoms with Crippen LogP contribution in [-0.4, -0.2) is 67.7 Å². The van der Waals surface area contributed by atoms with Gasteiger partial charge in [-0.2, -0.15) is 0 Å². The van der Waals surface area contributed by atoms with Gasteiger partial charge in [0.2, 0.25) is 0 Å². The van der Waals surface area contributed by atoms with Crippen LogP contribution < -0.4 is 0 Å². The fourth-order valence-corrected chi connectivity index (χ4v) is 9.21. The van der Waals surface area contributed by atoms with Gasteiger partial charge in [-0.3, -0.25) is 9.80 Å². The molecule has 3 aliphatic rings. The molecule has 6 heteroatoms. The van der Waals surface area contributed by atoms with E-state index >= 15 is 0 Å². The van der Waals surface area contributed by atoms with Gasteiger partial charge in [-0.25, -0.2) is 9.59 Å². The molecule has 0 aromatic carbocycles. The van der Waals surface area contributed by atoms with Crippen molar-refractivity contribution in [3.05, 3.63) is 24.3 Å². The zero-order chi connectivity index (χ0) is 32.5. The van der Waals surface area contributed by atoms with Crippen molar-refractivity contribution in [3.63, 3.8) is 0 Å². The van der Waals surface area contributed by atoms with Gasteiger partial charge in [0.05, 0.1) is 0 Å². The monoisotopic (exact) mass is 588 g/mol. The molecule has 0 aromatic rings. The Bertz CT molecular complexity index is 958. The van der Waals surface area contributed by atoms with Crippen molar-refractivity contribution < 1.29 is 19.1 Å². The molecule has 0 radical (unpaired) electrons. The van der Waals surface area contributed by atoms with E-state index in [4.69, 9.17) is 9.47 Å². The minimum atomic E-state index is -0.272. The summed E-state index contributed by atoms with van der Waals surface area (Å²) < 4.78 is 11.3. The summed E-state index contributed by atoms with van der Waals surface area (Å²) in [5.74, 6) is -0.520. The number of hydrogen-bond acceptors (Lipinski definition) is 6. The van der Waals surface area contributed by atoms with Crippen molar-refractivity contribution in [2.24, 2.45) is 0 Å². The Hall–Kier alpha value is -1.66. The van der Waals surface area contributed by atoms with Gasteiger partial charge in [0.15, 0.2) is 0 Å². The molecule has 0 bridgehead atoms. The molecule has 42 heavy (non-hydrogen) atoms. The second-order valence-electron chi connectivity index (χ2n) is 16.8. The lowest BCUT2D eigenvalue weighted by Crippen LogP contribution is -2.68. The van der Waals surface area contributed by atoms with Gasteiger partial charge in [-0.1, -0.05) is 32.4 Å². The molecule has 2 aliphatic heterocycles. The van der Waals surface area contributed by atoms with Crippen LogP contribution in [0.1, 0.15) is 148 Å². The number of esters is 2. The van der Waals surface area contributed by atoms with Crippen molar-refractivity contribution in [1.82, 2.24) is 9.80 Å². The zero-order valence-corrected chi connectivity index (χ0v) is 29.5. The summed E-state index contributed by atoms with van der Waals surface area (Å²) in [6, 6.07) is 0.677. The van der Waals surface area contributed by atoms with Crippen LogP contribution in [0.4, 0.5) is 0 Å². The van der Waals surface area contributed by atoms with Gasteiger partial charge in [0, 0.05) is 70.6 Å². The maximum absolute atomic E-state index is 11.9. The Labute approximate surface area is 258 Å². The average molecular weight is 589 g/mol. The fourth-order valence-electron chi connectivity index (χ4n) is 9.21. The molecule has 0 unspecified atom stereocenters. The highest BCUT2D eigenvalue weighted by molar-refractivity contribution is 5.87. The van der Waals surface area contributed by atoms with Crippen molar-refractivity contribution in [3.8, 4) is 0 Å². The average Bonchev–Trinajstić information content (AvgIpc) is 2.75. The molecule has 3 fully saturated rings. The van der Waals surface area contributed by atoms with Crippen LogP contribution in [0.15, 0.2) is 24.3 Å². The molecule has 1 aliphatic carbocycles. The highest BCUT2D eigenvalue weighted by Crippen LogP contribution is 2.45. The number of likely N-dealkylation sites (tertiary alicyclic amines) is 2. The van der Waals surface area contributed by atoms with E-state index in [1.54, 1.807) is 13.8 Å². The lowest BCUT2D eigenvalue weighted by atomic mass is 9.74. The van der Waals surface area contributed by atoms with E-state index < -0.39 is 0 Å². The van der Waals surface area contributed by atoms with Crippen LogP contribution in [0.3, 0.4) is 0 Å². The molecular formula is C36H64N2O4. The van der Waals surface area contributed by atoms with Crippen LogP contribution in [0, 0.1) is 0 Å². The van der Waals surface area contributed by atoms with Crippen LogP contribution in [-0.2, 0) is 19.1 Å². The van der Waals surface area contributed by atoms with Crippen molar-refractivity contribution in [2.45, 2.75) is 194 Å². The second-order valence-corrected chi connectivity index (χ2v) is 16.8. The third-order valence-corrected chi connectivity index (χ3v) is 9.28. The lowest BCUT2D eigenvalue weighted by molar-refractivity contribution is -0.164. The number of carbonyl (C=O) groups excluding carboxylic acids is 2. The molecule has 0 amide bonds. The predicted molar refractivity (Wildman–Crippen MR) is 174 cm³/mol. The predicted octanol–water partition coefficient (Wildman–Crippen LogP) is 8.39. The minimum Gasteiger partial charge on any atom is -0.459 e. The third kappa shape index (κ3) is 9.17. The van der Waals surface area contributed by atoms with E-state index in [-0.39, 0.29) is 51.8 Å². The fraction of sp³-hybridized carbons (Fsp3) is 0.833. The normalized spacial score (nSPS) is 25.1. The molecule has 6 nitrogen and oxygen atoms in total. The Morgan fingerprint density at radius 1 is 0.643 bits per heavy atom. The van der Waals surface area contributed by atoms with Crippen LogP contribution >= 0.6 is 0 Å². The maximum atomic E-state index is 11.9. The SMILES string of the molecule is C=C(C)C(=O)OC1CC(C)(C)N(C(C)(C)C)C(C)(C)C1.C=C(C)C(=O)OC1CC(C)(C)N(C2CCCCC2)C(C)(C)C1. The standard InChI is InChI=1S/C19H33NO2.C17H31NO2/c1-14(2)17(21)22-16-12-18(3,4)20(19(5,6)13-16)15-10-8-7-9-11-15;1-12(2)14(19)20-13-10-16(6,7)18(15(3,4)5)17(8,9)11-13/h15-16H,1,7-13H2,2-6H3;13H,1,10-11H2,2-9H3. The summed E-state index contributed by atoms with van der Waals surface area (Å²) in [7, 11) is 0. The van der Waals surface area contributed by atoms with Crippen LogP contribution in [0.5, 0.6) is 0 Å². The van der Waals surface area contributed by atoms with Crippen LogP contribution in [0.25, 0.3) is 0 Å². The molecule has 2 saturated heterocycles. The van der Waals surface area contributed by atoms with E-state index in [2.05, 4.69) is 99.1 Å². The third-order valence-electron chi connectivity index (χ3n) is 9.28. The van der Waals surface area contributed by atoms with Crippen molar-refractivity contribution in [2.75, 3.05) is 0 Å². The summed E-state index contributed by atoms with van der Waals surface area (Å²) in [5.41, 5.74) is 1.13. The Morgan fingerprint density at radius 2 is 0.976 bits per heavy atom. The number of ether oxygens (including phenoxy) is 2. The Kier molecular flexibility index (Phi) is 11.4. The second kappa shape index (κ2) is 13.1. The largest absolute Gasteiger partial charge is 0.459 e. The lowest BCUT2D eigenvalue weighted by Gasteiger charge is -2.60. The van der Waals surface area contributed by atoms with Gasteiger partial charge in [0.25, 0.3) is 0 Å². The Balaban J connectivity index is 0.000000295. The summed E-state index contributed by atoms with van der Waals surface area (Å²) in [4.78, 5) is 28.9. The molecule has 3 rings (SSSR count). The first-order valence-electron chi connectivity index (χ1n) is 16.2. The summed E-state index contributed by atoms with van der Waals surface area (Å²) >= 11 is 0. The molecule has 0 atom stereocenters. The summed E-state index contributed by atoms with van der Waals surface area (Å²) in [5, 5.41) is 0. The minimum absolute atomic E-state index is 0.00552. The highest BCUT2D eigenvalue weighted by atomic mass is 16.5. The summed E-state index contributed by atoms with van der Waals surface area (Å²) in [6.07, 6.45) is 10.2. The molecule has 0 spiro atoms. The Morgan fingerprint density at radius 3 is 1.29 bits per heavy atom. The van der Waals surface area contributed by atoms with Crippen molar-refractivity contribution in [1.29, 1.82) is 0 Å². The number of nitrogens with zero attached hydrogens (tertiary/aromatic N) is 2. The molecule has 0 aromatic heterocycles. The topological polar surface area (TPSA) is 59.1 Å². The number of piperidine rings is 2. The van der Waals surface area contributed by atoms with E-state index in [0.717, 1.165) is 25.7 Å². The van der Waals surface area contributed by atoms with Gasteiger partial charge < -0.3 is 9.47 Å². The van der Waals surface area contributed by atoms with Gasteiger partial charge >= 0.3 is 11.9 Å². The van der Waals surface area contributed by atoms with Gasteiger partial charge in [-0.05, 0) is 103 Å². The van der Waals surface area contributed by atoms with E-state index in [9.17, 15) is 9.59 Å². The van der Waals surface area contributed by atoms with Crippen molar-refractivity contribution >= 4 is 11.9 Å². The smallest absolute Gasteiger partial charge is 0.333 e. The molecule has 0 N–H and O–H groups in total. The first-order valence-corrected chi connectivity index (χ1v) is 16.2. The molecule has 2 heterocycles. The quantitative estimate of drug-likeness (QED) is 0.237. The molecular weight excluding hydrogens is 524 g/mol. The highest BCUT2D eigenvalue weighted by Gasteiger charge is 2.51. The number of carbonyl (C=O) groups is 2. The van der Waals surface area contributed by atoms with E-state index in [1.165, 1.54) is 32.1 Å². The first kappa shape index (κ1) is 36.5. The first-order chi connectivity index (χ1) is 18.9. The summed E-state index contributed by atoms with van der Waals surface area (Å²) in [6.45, 7) is 35.7. The molecule has 1 saturated carbocycles. The maximum Gasteiger partial charge on any atom is 0.333 e. The van der Waals surface area contributed by atoms with Gasteiger partial charge in [-0.15, -0.1) is 0 Å². The van der Waals surface area contributed by atoms with Gasteiger partial charge in [0.1, 0.15) is 12.2 Å². The van der Waals surface area contributed by atoms with E-state index in [0.29, 0.717) is 17.2 Å². The molecule has 242 valence electrons. The van der Waals surface area contributed by atoms with E-state index in [1.807, 2.05) is 0 Å². The van der Waals surface area contributed by atoms with Crippen LogP contribution in [0.2, 0.25) is 0 Å². The number of hydrogen-bond donors (Lipinski definition) is 0. The number of rotatable bonds is 5.